The quantitative estimate of drug-likeness (QED) is 0.206. The minimum Gasteiger partial charge on any atom is -0.456 e. The lowest BCUT2D eigenvalue weighted by Crippen LogP contribution is -2.01. The van der Waals surface area contributed by atoms with Gasteiger partial charge in [0.05, 0.1) is 0 Å². The van der Waals surface area contributed by atoms with Crippen LogP contribution < -0.4 is 0 Å². The average Bonchev–Trinajstić information content (AvgIpc) is 3.45. The second-order valence-electron chi connectivity index (χ2n) is 10.9. The zero-order valence-corrected chi connectivity index (χ0v) is 23.0. The van der Waals surface area contributed by atoms with E-state index in [-0.39, 0.29) is 0 Å². The number of fused-ring (bicyclic) bond motifs is 7. The van der Waals surface area contributed by atoms with E-state index in [9.17, 15) is 0 Å². The van der Waals surface area contributed by atoms with Gasteiger partial charge in [-0.05, 0) is 68.7 Å². The molecule has 7 aromatic carbocycles. The number of rotatable bonds is 3. The molecule has 2 aromatic heterocycles. The Balaban J connectivity index is 1.33. The number of benzene rings is 7. The van der Waals surface area contributed by atoms with E-state index in [4.69, 9.17) is 19.4 Å². The SMILES string of the molecule is c1ccc2cc(-c3nc(-c4ccc5oc6ccccc6c5c4)nc(-c4cc5ccccc5c5ccccc45)n3)ccc2c1. The summed E-state index contributed by atoms with van der Waals surface area (Å²) in [5.41, 5.74) is 4.55. The van der Waals surface area contributed by atoms with Gasteiger partial charge in [-0.3, -0.25) is 0 Å². The van der Waals surface area contributed by atoms with Crippen molar-refractivity contribution in [3.05, 3.63) is 140 Å². The number of furan rings is 1. The third-order valence-corrected chi connectivity index (χ3v) is 8.29. The number of hydrogen-bond donors (Lipinski definition) is 0. The van der Waals surface area contributed by atoms with E-state index in [0.29, 0.717) is 17.5 Å². The predicted molar refractivity (Wildman–Crippen MR) is 176 cm³/mol. The van der Waals surface area contributed by atoms with Gasteiger partial charge in [-0.2, -0.15) is 0 Å². The van der Waals surface area contributed by atoms with Crippen molar-refractivity contribution in [2.24, 2.45) is 0 Å². The van der Waals surface area contributed by atoms with E-state index in [1.54, 1.807) is 0 Å². The highest BCUT2D eigenvalue weighted by Crippen LogP contribution is 2.36. The van der Waals surface area contributed by atoms with Crippen LogP contribution in [-0.4, -0.2) is 15.0 Å². The van der Waals surface area contributed by atoms with Crippen molar-refractivity contribution in [3.63, 3.8) is 0 Å². The second kappa shape index (κ2) is 9.33. The Morgan fingerprint density at radius 2 is 0.930 bits per heavy atom. The van der Waals surface area contributed by atoms with Gasteiger partial charge in [-0.25, -0.2) is 15.0 Å². The first-order chi connectivity index (χ1) is 21.3. The molecule has 0 unspecified atom stereocenters. The Kier molecular flexibility index (Phi) is 5.16. The summed E-state index contributed by atoms with van der Waals surface area (Å²) in [5, 5.41) is 9.09. The highest BCUT2D eigenvalue weighted by molar-refractivity contribution is 6.13. The molecule has 0 aliphatic rings. The van der Waals surface area contributed by atoms with Crippen LogP contribution in [0.5, 0.6) is 0 Å². The van der Waals surface area contributed by atoms with Crippen LogP contribution in [0.1, 0.15) is 0 Å². The minimum atomic E-state index is 0.623. The standard InChI is InChI=1S/C39H23N3O/c1-2-10-25-21-27(18-17-24(25)9-1)37-40-38(28-19-20-36-33(23-28)32-15-7-8-16-35(32)43-36)42-39(41-37)34-22-26-11-3-4-12-29(26)30-13-5-6-14-31(30)34/h1-23H. The monoisotopic (exact) mass is 549 g/mol. The molecular formula is C39H23N3O. The molecule has 43 heavy (non-hydrogen) atoms. The van der Waals surface area contributed by atoms with Gasteiger partial charge >= 0.3 is 0 Å². The molecule has 0 N–H and O–H groups in total. The minimum absolute atomic E-state index is 0.623. The first-order valence-electron chi connectivity index (χ1n) is 14.4. The van der Waals surface area contributed by atoms with E-state index in [0.717, 1.165) is 54.8 Å². The Morgan fingerprint density at radius 1 is 0.349 bits per heavy atom. The van der Waals surface area contributed by atoms with Crippen molar-refractivity contribution in [2.75, 3.05) is 0 Å². The average molecular weight is 550 g/mol. The Bertz CT molecular complexity index is 2530. The fourth-order valence-electron chi connectivity index (χ4n) is 6.19. The topological polar surface area (TPSA) is 51.8 Å². The fourth-order valence-corrected chi connectivity index (χ4v) is 6.19. The van der Waals surface area contributed by atoms with E-state index in [1.165, 1.54) is 16.2 Å². The summed E-state index contributed by atoms with van der Waals surface area (Å²) in [5.74, 6) is 1.91. The van der Waals surface area contributed by atoms with Crippen LogP contribution in [0.2, 0.25) is 0 Å². The van der Waals surface area contributed by atoms with Crippen LogP contribution in [0.25, 0.3) is 88.4 Å². The zero-order valence-electron chi connectivity index (χ0n) is 23.0. The molecule has 2 heterocycles. The molecule has 0 aliphatic heterocycles. The molecule has 4 heteroatoms. The first kappa shape index (κ1) is 23.8. The Morgan fingerprint density at radius 3 is 1.77 bits per heavy atom. The third-order valence-electron chi connectivity index (χ3n) is 8.29. The maximum atomic E-state index is 6.11. The largest absolute Gasteiger partial charge is 0.456 e. The van der Waals surface area contributed by atoms with Crippen molar-refractivity contribution in [1.29, 1.82) is 0 Å². The third kappa shape index (κ3) is 3.88. The van der Waals surface area contributed by atoms with Gasteiger partial charge in [0.1, 0.15) is 11.2 Å². The fraction of sp³-hybridized carbons (Fsp3) is 0. The molecule has 0 saturated heterocycles. The normalized spacial score (nSPS) is 11.7. The number of hydrogen-bond acceptors (Lipinski definition) is 4. The lowest BCUT2D eigenvalue weighted by Gasteiger charge is -2.12. The molecular weight excluding hydrogens is 526 g/mol. The molecule has 0 bridgehead atoms. The van der Waals surface area contributed by atoms with E-state index in [1.807, 2.05) is 30.3 Å². The molecule has 0 fully saturated rings. The van der Waals surface area contributed by atoms with Gasteiger partial charge in [0, 0.05) is 27.5 Å². The highest BCUT2D eigenvalue weighted by atomic mass is 16.3. The summed E-state index contributed by atoms with van der Waals surface area (Å²) in [6.07, 6.45) is 0. The van der Waals surface area contributed by atoms with E-state index < -0.39 is 0 Å². The molecule has 4 nitrogen and oxygen atoms in total. The Labute approximate surface area is 246 Å². The van der Waals surface area contributed by atoms with Gasteiger partial charge in [-0.1, -0.05) is 103 Å². The van der Waals surface area contributed by atoms with Crippen LogP contribution in [0.15, 0.2) is 144 Å². The van der Waals surface area contributed by atoms with E-state index in [2.05, 4.69) is 109 Å². The summed E-state index contributed by atoms with van der Waals surface area (Å²) in [6, 6.07) is 48.2. The van der Waals surface area contributed by atoms with Gasteiger partial charge in [-0.15, -0.1) is 0 Å². The zero-order chi connectivity index (χ0) is 28.3. The van der Waals surface area contributed by atoms with Crippen LogP contribution >= 0.6 is 0 Å². The van der Waals surface area contributed by atoms with Gasteiger partial charge in [0.2, 0.25) is 0 Å². The molecule has 0 aliphatic carbocycles. The molecule has 0 amide bonds. The van der Waals surface area contributed by atoms with Crippen LogP contribution in [0, 0.1) is 0 Å². The Hall–Kier alpha value is -5.87. The van der Waals surface area contributed by atoms with Gasteiger partial charge in [0.15, 0.2) is 17.5 Å². The van der Waals surface area contributed by atoms with Crippen LogP contribution in [-0.2, 0) is 0 Å². The molecule has 9 rings (SSSR count). The number of aromatic nitrogens is 3. The first-order valence-corrected chi connectivity index (χ1v) is 14.4. The summed E-state index contributed by atoms with van der Waals surface area (Å²) >= 11 is 0. The summed E-state index contributed by atoms with van der Waals surface area (Å²) in [7, 11) is 0. The summed E-state index contributed by atoms with van der Waals surface area (Å²) in [6.45, 7) is 0. The number of para-hydroxylation sites is 1. The molecule has 0 saturated carbocycles. The lowest BCUT2D eigenvalue weighted by molar-refractivity contribution is 0.669. The highest BCUT2D eigenvalue weighted by Gasteiger charge is 2.17. The number of nitrogens with zero attached hydrogens (tertiary/aromatic N) is 3. The summed E-state index contributed by atoms with van der Waals surface area (Å²) in [4.78, 5) is 15.3. The molecule has 0 radical (unpaired) electrons. The van der Waals surface area contributed by atoms with Gasteiger partial charge in [0.25, 0.3) is 0 Å². The van der Waals surface area contributed by atoms with Crippen molar-refractivity contribution in [3.8, 4) is 34.2 Å². The van der Waals surface area contributed by atoms with Crippen LogP contribution in [0.3, 0.4) is 0 Å². The maximum absolute atomic E-state index is 6.11. The molecule has 200 valence electrons. The smallest absolute Gasteiger partial charge is 0.164 e. The molecule has 9 aromatic rings. The van der Waals surface area contributed by atoms with Crippen molar-refractivity contribution in [2.45, 2.75) is 0 Å². The van der Waals surface area contributed by atoms with Crippen molar-refractivity contribution in [1.82, 2.24) is 15.0 Å². The second-order valence-corrected chi connectivity index (χ2v) is 10.9. The predicted octanol–water partition coefficient (Wildman–Crippen LogP) is 10.2. The van der Waals surface area contributed by atoms with Crippen LogP contribution in [0.4, 0.5) is 0 Å². The van der Waals surface area contributed by atoms with Crippen molar-refractivity contribution >= 4 is 54.3 Å². The molecule has 0 atom stereocenters. The lowest BCUT2D eigenvalue weighted by atomic mass is 9.97. The maximum Gasteiger partial charge on any atom is 0.164 e. The van der Waals surface area contributed by atoms with Crippen molar-refractivity contribution < 1.29 is 4.42 Å². The molecule has 0 spiro atoms. The van der Waals surface area contributed by atoms with E-state index >= 15 is 0 Å². The summed E-state index contributed by atoms with van der Waals surface area (Å²) < 4.78 is 6.11. The van der Waals surface area contributed by atoms with Gasteiger partial charge < -0.3 is 4.42 Å².